The molecule has 2 aromatic carbocycles. The summed E-state index contributed by atoms with van der Waals surface area (Å²) in [6.45, 7) is 0.881. The molecule has 0 N–H and O–H groups in total. The molecule has 2 rings (SSSR count). The van der Waals surface area contributed by atoms with E-state index in [4.69, 9.17) is 4.74 Å². The molecule has 0 fully saturated rings. The molecule has 0 saturated carbocycles. The van der Waals surface area contributed by atoms with E-state index in [1.807, 2.05) is 42.3 Å². The molecule has 2 aromatic rings. The van der Waals surface area contributed by atoms with Crippen molar-refractivity contribution in [3.63, 3.8) is 0 Å². The fourth-order valence-corrected chi connectivity index (χ4v) is 2.19. The summed E-state index contributed by atoms with van der Waals surface area (Å²) >= 11 is 3.85. The van der Waals surface area contributed by atoms with Gasteiger partial charge in [-0.25, -0.2) is 0 Å². The first-order chi connectivity index (χ1) is 11.1. The SMILES string of the molecule is CN(CCOC(=O)CS)c1ccc(C(=O)c2ccccc2)cc1. The highest BCUT2D eigenvalue weighted by Crippen LogP contribution is 2.16. The van der Waals surface area contributed by atoms with E-state index in [-0.39, 0.29) is 17.5 Å². The number of rotatable bonds is 7. The molecule has 0 amide bonds. The van der Waals surface area contributed by atoms with E-state index in [9.17, 15) is 9.59 Å². The van der Waals surface area contributed by atoms with Crippen LogP contribution in [0.25, 0.3) is 0 Å². The van der Waals surface area contributed by atoms with Gasteiger partial charge < -0.3 is 9.64 Å². The van der Waals surface area contributed by atoms with Crippen molar-refractivity contribution in [3.05, 3.63) is 65.7 Å². The third-order valence-electron chi connectivity index (χ3n) is 3.43. The minimum atomic E-state index is -0.328. The van der Waals surface area contributed by atoms with Crippen molar-refractivity contribution in [3.8, 4) is 0 Å². The fraction of sp³-hybridized carbons (Fsp3) is 0.222. The first-order valence-electron chi connectivity index (χ1n) is 7.29. The Morgan fingerprint density at radius 3 is 2.22 bits per heavy atom. The van der Waals surface area contributed by atoms with Gasteiger partial charge in [0.2, 0.25) is 0 Å². The van der Waals surface area contributed by atoms with Gasteiger partial charge in [0, 0.05) is 23.9 Å². The van der Waals surface area contributed by atoms with Crippen LogP contribution in [0.4, 0.5) is 5.69 Å². The Hall–Kier alpha value is -2.27. The van der Waals surface area contributed by atoms with Gasteiger partial charge in [-0.1, -0.05) is 30.3 Å². The molecule has 0 atom stereocenters. The molecule has 5 heteroatoms. The maximum Gasteiger partial charge on any atom is 0.315 e. The van der Waals surface area contributed by atoms with Gasteiger partial charge in [-0.2, -0.15) is 12.6 Å². The summed E-state index contributed by atoms with van der Waals surface area (Å²) in [6, 6.07) is 16.6. The summed E-state index contributed by atoms with van der Waals surface area (Å²) in [5.74, 6) is -0.243. The molecule has 0 aliphatic carbocycles. The van der Waals surface area contributed by atoms with Crippen LogP contribution in [0, 0.1) is 0 Å². The molecule has 0 spiro atoms. The molecule has 0 bridgehead atoms. The minimum Gasteiger partial charge on any atom is -0.463 e. The van der Waals surface area contributed by atoms with Gasteiger partial charge in [0.1, 0.15) is 6.61 Å². The number of likely N-dealkylation sites (N-methyl/N-ethyl adjacent to an activating group) is 1. The summed E-state index contributed by atoms with van der Waals surface area (Å²) in [5.41, 5.74) is 2.28. The number of anilines is 1. The van der Waals surface area contributed by atoms with Crippen molar-refractivity contribution in [1.29, 1.82) is 0 Å². The third-order valence-corrected chi connectivity index (χ3v) is 3.68. The summed E-state index contributed by atoms with van der Waals surface area (Å²) in [7, 11) is 1.91. The van der Waals surface area contributed by atoms with Gasteiger partial charge in [-0.15, -0.1) is 0 Å². The Morgan fingerprint density at radius 2 is 1.61 bits per heavy atom. The number of nitrogens with zero attached hydrogens (tertiary/aromatic N) is 1. The number of hydrogen-bond donors (Lipinski definition) is 1. The van der Waals surface area contributed by atoms with Crippen molar-refractivity contribution in [2.24, 2.45) is 0 Å². The van der Waals surface area contributed by atoms with E-state index >= 15 is 0 Å². The monoisotopic (exact) mass is 329 g/mol. The second kappa shape index (κ2) is 8.39. The first-order valence-corrected chi connectivity index (χ1v) is 7.92. The predicted molar refractivity (Wildman–Crippen MR) is 94.4 cm³/mol. The van der Waals surface area contributed by atoms with Crippen molar-refractivity contribution < 1.29 is 14.3 Å². The van der Waals surface area contributed by atoms with Crippen molar-refractivity contribution >= 4 is 30.1 Å². The number of hydrogen-bond acceptors (Lipinski definition) is 5. The maximum absolute atomic E-state index is 12.3. The quantitative estimate of drug-likeness (QED) is 0.482. The molecule has 0 saturated heterocycles. The fourth-order valence-electron chi connectivity index (χ4n) is 2.09. The molecule has 4 nitrogen and oxygen atoms in total. The van der Waals surface area contributed by atoms with E-state index in [0.717, 1.165) is 5.69 Å². The highest BCUT2D eigenvalue weighted by molar-refractivity contribution is 7.81. The van der Waals surface area contributed by atoms with Gasteiger partial charge in [0.05, 0.1) is 12.3 Å². The van der Waals surface area contributed by atoms with Gasteiger partial charge >= 0.3 is 5.97 Å². The van der Waals surface area contributed by atoms with Crippen LogP contribution in [-0.4, -0.2) is 37.7 Å². The predicted octanol–water partition coefficient (Wildman–Crippen LogP) is 2.83. The van der Waals surface area contributed by atoms with E-state index < -0.39 is 0 Å². The van der Waals surface area contributed by atoms with Crippen LogP contribution in [0.5, 0.6) is 0 Å². The normalized spacial score (nSPS) is 10.2. The lowest BCUT2D eigenvalue weighted by atomic mass is 10.0. The topological polar surface area (TPSA) is 46.6 Å². The smallest absolute Gasteiger partial charge is 0.315 e. The maximum atomic E-state index is 12.3. The standard InChI is InChI=1S/C18H19NO3S/c1-19(11-12-22-17(20)13-23)16-9-7-15(8-10-16)18(21)14-5-3-2-4-6-14/h2-10,23H,11-13H2,1H3. The van der Waals surface area contributed by atoms with Crippen LogP contribution >= 0.6 is 12.6 Å². The number of ketones is 1. The molecule has 0 radical (unpaired) electrons. The van der Waals surface area contributed by atoms with Crippen LogP contribution in [0.1, 0.15) is 15.9 Å². The third kappa shape index (κ3) is 4.86. The lowest BCUT2D eigenvalue weighted by Crippen LogP contribution is -2.24. The van der Waals surface area contributed by atoms with Gasteiger partial charge in [0.15, 0.2) is 5.78 Å². The van der Waals surface area contributed by atoms with E-state index in [1.54, 1.807) is 24.3 Å². The first kappa shape index (κ1) is 17.1. The molecular formula is C18H19NO3S. The van der Waals surface area contributed by atoms with E-state index in [1.165, 1.54) is 0 Å². The lowest BCUT2D eigenvalue weighted by Gasteiger charge is -2.19. The van der Waals surface area contributed by atoms with Crippen molar-refractivity contribution in [2.45, 2.75) is 0 Å². The highest BCUT2D eigenvalue weighted by Gasteiger charge is 2.09. The van der Waals surface area contributed by atoms with Crippen molar-refractivity contribution in [1.82, 2.24) is 0 Å². The minimum absolute atomic E-state index is 0.00233. The zero-order valence-electron chi connectivity index (χ0n) is 12.9. The number of ether oxygens (including phenoxy) is 1. The molecule has 0 aromatic heterocycles. The van der Waals surface area contributed by atoms with Crippen LogP contribution in [0.3, 0.4) is 0 Å². The van der Waals surface area contributed by atoms with Crippen LogP contribution < -0.4 is 4.90 Å². The summed E-state index contributed by atoms with van der Waals surface area (Å²) < 4.78 is 4.99. The van der Waals surface area contributed by atoms with E-state index in [2.05, 4.69) is 12.6 Å². The Morgan fingerprint density at radius 1 is 1.00 bits per heavy atom. The summed E-state index contributed by atoms with van der Waals surface area (Å²) in [5, 5.41) is 0. The molecule has 0 unspecified atom stereocenters. The Kier molecular flexibility index (Phi) is 6.23. The molecule has 23 heavy (non-hydrogen) atoms. The highest BCUT2D eigenvalue weighted by atomic mass is 32.1. The zero-order valence-corrected chi connectivity index (χ0v) is 13.8. The second-order valence-electron chi connectivity index (χ2n) is 5.04. The average molecular weight is 329 g/mol. The van der Waals surface area contributed by atoms with E-state index in [0.29, 0.717) is 24.3 Å². The molecule has 0 heterocycles. The average Bonchev–Trinajstić information content (AvgIpc) is 2.61. The molecular weight excluding hydrogens is 310 g/mol. The Balaban J connectivity index is 1.96. The van der Waals surface area contributed by atoms with Gasteiger partial charge in [-0.3, -0.25) is 9.59 Å². The summed E-state index contributed by atoms with van der Waals surface area (Å²) in [4.78, 5) is 25.3. The number of carbonyl (C=O) groups is 2. The number of thiol groups is 1. The zero-order chi connectivity index (χ0) is 16.7. The largest absolute Gasteiger partial charge is 0.463 e. The lowest BCUT2D eigenvalue weighted by molar-refractivity contribution is -0.140. The van der Waals surface area contributed by atoms with Gasteiger partial charge in [0.25, 0.3) is 0 Å². The number of esters is 1. The molecule has 120 valence electrons. The number of carbonyl (C=O) groups excluding carboxylic acids is 2. The Labute approximate surface area is 141 Å². The van der Waals surface area contributed by atoms with Crippen LogP contribution in [0.2, 0.25) is 0 Å². The van der Waals surface area contributed by atoms with Gasteiger partial charge in [-0.05, 0) is 24.3 Å². The molecule has 0 aliphatic rings. The van der Waals surface area contributed by atoms with Crippen LogP contribution in [-0.2, 0) is 9.53 Å². The summed E-state index contributed by atoms with van der Waals surface area (Å²) in [6.07, 6.45) is 0. The molecule has 0 aliphatic heterocycles. The Bertz CT molecular complexity index is 656. The number of benzene rings is 2. The van der Waals surface area contributed by atoms with Crippen LogP contribution in [0.15, 0.2) is 54.6 Å². The second-order valence-corrected chi connectivity index (χ2v) is 5.36. The van der Waals surface area contributed by atoms with Crippen molar-refractivity contribution in [2.75, 3.05) is 30.9 Å².